The summed E-state index contributed by atoms with van der Waals surface area (Å²) in [5.74, 6) is -1.27. The molecule has 1 aromatic heterocycles. The van der Waals surface area contributed by atoms with Crippen LogP contribution < -0.4 is 0 Å². The van der Waals surface area contributed by atoms with E-state index < -0.39 is 39.3 Å². The van der Waals surface area contributed by atoms with Crippen molar-refractivity contribution in [1.82, 2.24) is 4.98 Å². The largest absolute Gasteiger partial charge is 0.465 e. The number of ether oxygens (including phenoxy) is 1. The zero-order valence-electron chi connectivity index (χ0n) is 8.32. The molecule has 0 radical (unpaired) electrons. The lowest BCUT2D eigenvalue weighted by Crippen LogP contribution is -2.11. The minimum atomic E-state index is -3.10. The van der Waals surface area contributed by atoms with Crippen molar-refractivity contribution in [3.8, 4) is 0 Å². The number of aromatic nitrogens is 1. The molecule has 1 heterocycles. The molecule has 0 fully saturated rings. The van der Waals surface area contributed by atoms with E-state index in [4.69, 9.17) is 11.6 Å². The van der Waals surface area contributed by atoms with E-state index >= 15 is 0 Å². The van der Waals surface area contributed by atoms with Crippen molar-refractivity contribution in [3.63, 3.8) is 0 Å². The fourth-order valence-corrected chi connectivity index (χ4v) is 1.35. The van der Waals surface area contributed by atoms with Gasteiger partial charge in [-0.05, 0) is 0 Å². The highest BCUT2D eigenvalue weighted by molar-refractivity contribution is 6.32. The molecule has 0 aliphatic heterocycles. The van der Waals surface area contributed by atoms with Crippen LogP contribution in [0.15, 0.2) is 6.20 Å². The van der Waals surface area contributed by atoms with Gasteiger partial charge in [-0.15, -0.1) is 0 Å². The van der Waals surface area contributed by atoms with E-state index in [1.165, 1.54) is 0 Å². The van der Waals surface area contributed by atoms with Crippen molar-refractivity contribution in [2.45, 2.75) is 6.43 Å². The number of hydrogen-bond acceptors (Lipinski definition) is 5. The number of nitrogens with zero attached hydrogens (tertiary/aromatic N) is 2. The number of methoxy groups -OCH3 is 1. The Kier molecular flexibility index (Phi) is 3.89. The quantitative estimate of drug-likeness (QED) is 0.363. The van der Waals surface area contributed by atoms with Crippen molar-refractivity contribution < 1.29 is 23.2 Å². The summed E-state index contributed by atoms with van der Waals surface area (Å²) < 4.78 is 29.4. The van der Waals surface area contributed by atoms with Gasteiger partial charge >= 0.3 is 11.7 Å². The number of rotatable bonds is 3. The normalized spacial score (nSPS) is 10.4. The van der Waals surface area contributed by atoms with Gasteiger partial charge in [0.15, 0.2) is 5.56 Å². The zero-order chi connectivity index (χ0) is 13.2. The Morgan fingerprint density at radius 1 is 1.65 bits per heavy atom. The SMILES string of the molecule is COC(=O)c1c(C(F)F)cnc(Cl)c1[N+](=O)[O-]. The molecule has 0 N–H and O–H groups in total. The molecular weight excluding hydrogens is 262 g/mol. The molecule has 0 aliphatic rings. The summed E-state index contributed by atoms with van der Waals surface area (Å²) in [6.45, 7) is 0. The number of carbonyl (C=O) groups excluding carboxylic acids is 1. The third kappa shape index (κ3) is 2.47. The highest BCUT2D eigenvalue weighted by Gasteiger charge is 2.32. The Balaban J connectivity index is 3.61. The van der Waals surface area contributed by atoms with E-state index in [0.29, 0.717) is 6.20 Å². The van der Waals surface area contributed by atoms with E-state index in [1.54, 1.807) is 0 Å². The first-order valence-electron chi connectivity index (χ1n) is 4.09. The van der Waals surface area contributed by atoms with Crippen LogP contribution in [0.2, 0.25) is 5.15 Å². The van der Waals surface area contributed by atoms with Crippen molar-refractivity contribution in [1.29, 1.82) is 0 Å². The molecule has 0 aromatic carbocycles. The molecule has 0 saturated heterocycles. The molecule has 0 spiro atoms. The minimum absolute atomic E-state index is 0.603. The van der Waals surface area contributed by atoms with Crippen LogP contribution >= 0.6 is 11.6 Å². The van der Waals surface area contributed by atoms with Gasteiger partial charge in [-0.3, -0.25) is 10.1 Å². The molecule has 0 unspecified atom stereocenters. The van der Waals surface area contributed by atoms with Gasteiger partial charge < -0.3 is 4.74 Å². The highest BCUT2D eigenvalue weighted by Crippen LogP contribution is 2.34. The maximum Gasteiger partial charge on any atom is 0.345 e. The molecule has 0 atom stereocenters. The van der Waals surface area contributed by atoms with Crippen LogP contribution in [0, 0.1) is 10.1 Å². The fourth-order valence-electron chi connectivity index (χ4n) is 1.14. The molecule has 0 aliphatic carbocycles. The van der Waals surface area contributed by atoms with Crippen molar-refractivity contribution in [2.24, 2.45) is 0 Å². The lowest BCUT2D eigenvalue weighted by Gasteiger charge is -2.07. The van der Waals surface area contributed by atoms with Gasteiger partial charge in [-0.1, -0.05) is 11.6 Å². The summed E-state index contributed by atoms with van der Waals surface area (Å²) in [4.78, 5) is 24.1. The first-order chi connectivity index (χ1) is 7.90. The summed E-state index contributed by atoms with van der Waals surface area (Å²) >= 11 is 5.40. The molecule has 1 aromatic rings. The standard InChI is InChI=1S/C8H5ClF2N2O4/c1-17-8(14)4-3(7(10)11)2-12-6(9)5(4)13(15)16/h2,7H,1H3. The summed E-state index contributed by atoms with van der Waals surface area (Å²) in [6.07, 6.45) is -2.50. The molecule has 0 amide bonds. The first-order valence-corrected chi connectivity index (χ1v) is 4.47. The number of hydrogen-bond donors (Lipinski definition) is 0. The average Bonchev–Trinajstić information content (AvgIpc) is 2.26. The van der Waals surface area contributed by atoms with Gasteiger partial charge in [0.25, 0.3) is 6.43 Å². The third-order valence-electron chi connectivity index (χ3n) is 1.85. The summed E-state index contributed by atoms with van der Waals surface area (Å²) in [5, 5.41) is 10.0. The molecule has 0 bridgehead atoms. The maximum atomic E-state index is 12.6. The van der Waals surface area contributed by atoms with E-state index in [2.05, 4.69) is 9.72 Å². The summed E-state index contributed by atoms with van der Waals surface area (Å²) in [6, 6.07) is 0. The monoisotopic (exact) mass is 266 g/mol. The summed E-state index contributed by atoms with van der Waals surface area (Å²) in [5.41, 5.74) is -2.77. The zero-order valence-corrected chi connectivity index (χ0v) is 9.07. The Morgan fingerprint density at radius 3 is 2.65 bits per heavy atom. The van der Waals surface area contributed by atoms with Gasteiger partial charge in [0.2, 0.25) is 5.15 Å². The van der Waals surface area contributed by atoms with Crippen molar-refractivity contribution in [3.05, 3.63) is 32.6 Å². The van der Waals surface area contributed by atoms with Gasteiger partial charge in [-0.25, -0.2) is 18.6 Å². The molecule has 0 saturated carbocycles. The van der Waals surface area contributed by atoms with Gasteiger partial charge in [0.05, 0.1) is 17.6 Å². The number of carbonyl (C=O) groups is 1. The van der Waals surface area contributed by atoms with Crippen LogP contribution in [0.5, 0.6) is 0 Å². The molecule has 92 valence electrons. The van der Waals surface area contributed by atoms with Gasteiger partial charge in [0, 0.05) is 6.20 Å². The first kappa shape index (κ1) is 13.2. The summed E-state index contributed by atoms with van der Waals surface area (Å²) in [7, 11) is 0.912. The Hall–Kier alpha value is -1.83. The molecule has 9 heteroatoms. The minimum Gasteiger partial charge on any atom is -0.465 e. The number of halogens is 3. The van der Waals surface area contributed by atoms with Crippen molar-refractivity contribution in [2.75, 3.05) is 7.11 Å². The van der Waals surface area contributed by atoms with E-state index in [9.17, 15) is 23.7 Å². The van der Waals surface area contributed by atoms with E-state index in [-0.39, 0.29) is 0 Å². The second kappa shape index (κ2) is 5.00. The van der Waals surface area contributed by atoms with Crippen LogP contribution in [0.4, 0.5) is 14.5 Å². The van der Waals surface area contributed by atoms with Crippen LogP contribution in [-0.2, 0) is 4.74 Å². The van der Waals surface area contributed by atoms with Crippen LogP contribution in [0.25, 0.3) is 0 Å². The fraction of sp³-hybridized carbons (Fsp3) is 0.250. The second-order valence-corrected chi connectivity index (χ2v) is 3.14. The second-order valence-electron chi connectivity index (χ2n) is 2.78. The lowest BCUT2D eigenvalue weighted by molar-refractivity contribution is -0.385. The maximum absolute atomic E-state index is 12.6. The number of pyridine rings is 1. The lowest BCUT2D eigenvalue weighted by atomic mass is 10.1. The number of nitro groups is 1. The highest BCUT2D eigenvalue weighted by atomic mass is 35.5. The topological polar surface area (TPSA) is 82.3 Å². The van der Waals surface area contributed by atoms with Crippen LogP contribution in [-0.4, -0.2) is 23.0 Å². The van der Waals surface area contributed by atoms with Gasteiger partial charge in [0.1, 0.15) is 0 Å². The van der Waals surface area contributed by atoms with Gasteiger partial charge in [-0.2, -0.15) is 0 Å². The number of esters is 1. The van der Waals surface area contributed by atoms with E-state index in [0.717, 1.165) is 7.11 Å². The Labute approximate surface area is 98.3 Å². The predicted octanol–water partition coefficient (Wildman–Crippen LogP) is 2.37. The van der Waals surface area contributed by atoms with Crippen LogP contribution in [0.1, 0.15) is 22.3 Å². The molecule has 1 rings (SSSR count). The molecular formula is C8H5ClF2N2O4. The Bertz CT molecular complexity index is 481. The third-order valence-corrected chi connectivity index (χ3v) is 2.12. The van der Waals surface area contributed by atoms with Crippen LogP contribution in [0.3, 0.4) is 0 Å². The molecule has 6 nitrogen and oxygen atoms in total. The smallest absolute Gasteiger partial charge is 0.345 e. The van der Waals surface area contributed by atoms with E-state index in [1.807, 2.05) is 0 Å². The average molecular weight is 267 g/mol. The predicted molar refractivity (Wildman–Crippen MR) is 52.2 cm³/mol. The molecule has 17 heavy (non-hydrogen) atoms. The van der Waals surface area contributed by atoms with Crippen molar-refractivity contribution >= 4 is 23.3 Å². The number of alkyl halides is 2. The Morgan fingerprint density at radius 2 is 2.24 bits per heavy atom.